The maximum atomic E-state index is 6.01. The fourth-order valence-electron chi connectivity index (χ4n) is 2.78. The number of nitrogens with one attached hydrogen (secondary N) is 2. The van der Waals surface area contributed by atoms with Crippen molar-refractivity contribution in [1.29, 1.82) is 0 Å². The molecule has 2 aromatic rings. The quantitative estimate of drug-likeness (QED) is 0.306. The van der Waals surface area contributed by atoms with Gasteiger partial charge in [-0.2, -0.15) is 0 Å². The third kappa shape index (κ3) is 7.72. The molecule has 6 nitrogen and oxygen atoms in total. The monoisotopic (exact) mass is 509 g/mol. The van der Waals surface area contributed by atoms with Crippen LogP contribution < -0.4 is 20.3 Å². The zero-order valence-corrected chi connectivity index (χ0v) is 19.8. The predicted molar refractivity (Wildman–Crippen MR) is 130 cm³/mol. The van der Waals surface area contributed by atoms with Crippen LogP contribution in [0.2, 0.25) is 0 Å². The molecule has 1 fully saturated rings. The Hall–Kier alpha value is -2.03. The number of halogens is 1. The Morgan fingerprint density at radius 2 is 2.00 bits per heavy atom. The number of anilines is 1. The molecule has 7 heteroatoms. The first kappa shape index (κ1) is 23.3. The van der Waals surface area contributed by atoms with Gasteiger partial charge in [-0.15, -0.1) is 24.0 Å². The Kier molecular flexibility index (Phi) is 9.50. The van der Waals surface area contributed by atoms with Gasteiger partial charge in [0.1, 0.15) is 11.6 Å². The molecule has 29 heavy (non-hydrogen) atoms. The highest BCUT2D eigenvalue weighted by atomic mass is 127. The molecule has 2 N–H and O–H groups in total. The van der Waals surface area contributed by atoms with Gasteiger partial charge in [0.05, 0.1) is 13.2 Å². The minimum Gasteiger partial charge on any atom is -0.493 e. The molecule has 0 saturated heterocycles. The lowest BCUT2D eigenvalue weighted by atomic mass is 10.2. The van der Waals surface area contributed by atoms with Crippen LogP contribution in [0.25, 0.3) is 0 Å². The third-order valence-corrected chi connectivity index (χ3v) is 4.62. The molecule has 0 radical (unpaired) electrons. The number of hydrogen-bond donors (Lipinski definition) is 2. The molecule has 158 valence electrons. The Morgan fingerprint density at radius 3 is 2.72 bits per heavy atom. The molecule has 0 bridgehead atoms. The highest BCUT2D eigenvalue weighted by Crippen LogP contribution is 2.30. The van der Waals surface area contributed by atoms with Gasteiger partial charge in [0.25, 0.3) is 0 Å². The summed E-state index contributed by atoms with van der Waals surface area (Å²) in [5.41, 5.74) is 2.27. The van der Waals surface area contributed by atoms with Crippen LogP contribution in [-0.4, -0.2) is 38.2 Å². The van der Waals surface area contributed by atoms with Crippen LogP contribution in [0.3, 0.4) is 0 Å². The summed E-state index contributed by atoms with van der Waals surface area (Å²) in [6.07, 6.45) is 4.42. The average molecular weight is 509 g/mol. The first-order valence-corrected chi connectivity index (χ1v) is 10.0. The van der Waals surface area contributed by atoms with E-state index in [1.807, 2.05) is 49.5 Å². The number of pyridine rings is 1. The maximum Gasteiger partial charge on any atom is 0.191 e. The van der Waals surface area contributed by atoms with Crippen LogP contribution in [0.4, 0.5) is 5.82 Å². The van der Waals surface area contributed by atoms with Crippen LogP contribution in [0.1, 0.15) is 30.9 Å². The van der Waals surface area contributed by atoms with Gasteiger partial charge in [-0.1, -0.05) is 18.2 Å². The van der Waals surface area contributed by atoms with Crippen LogP contribution in [0.5, 0.6) is 5.75 Å². The fourth-order valence-corrected chi connectivity index (χ4v) is 2.78. The van der Waals surface area contributed by atoms with Gasteiger partial charge < -0.3 is 20.3 Å². The standard InChI is InChI=1S/C22H31N5O.HI/c1-4-23-22(25-14-18-11-12-24-21(13-18)27(2)3)26-15-19-7-5-6-8-20(19)28-16-17-9-10-17;/h5-8,11-13,17H,4,9-10,14-16H2,1-3H3,(H2,23,25,26);1H. The number of rotatable bonds is 9. The summed E-state index contributed by atoms with van der Waals surface area (Å²) in [7, 11) is 3.98. The lowest BCUT2D eigenvalue weighted by molar-refractivity contribution is 0.296. The smallest absolute Gasteiger partial charge is 0.191 e. The summed E-state index contributed by atoms with van der Waals surface area (Å²) < 4.78 is 6.01. The molecule has 0 amide bonds. The van der Waals surface area contributed by atoms with Crippen molar-refractivity contribution in [3.63, 3.8) is 0 Å². The zero-order valence-electron chi connectivity index (χ0n) is 17.5. The van der Waals surface area contributed by atoms with Crippen molar-refractivity contribution in [3.8, 4) is 5.75 Å². The van der Waals surface area contributed by atoms with Crippen LogP contribution >= 0.6 is 24.0 Å². The summed E-state index contributed by atoms with van der Waals surface area (Å²) in [5.74, 6) is 3.44. The van der Waals surface area contributed by atoms with Gasteiger partial charge in [-0.3, -0.25) is 0 Å². The molecule has 1 aromatic carbocycles. The van der Waals surface area contributed by atoms with Crippen molar-refractivity contribution in [2.75, 3.05) is 32.1 Å². The Bertz CT molecular complexity index is 792. The van der Waals surface area contributed by atoms with Crippen LogP contribution in [0.15, 0.2) is 47.6 Å². The van der Waals surface area contributed by atoms with E-state index in [0.717, 1.165) is 47.7 Å². The summed E-state index contributed by atoms with van der Waals surface area (Å²) in [4.78, 5) is 11.1. The van der Waals surface area contributed by atoms with Crippen LogP contribution in [0, 0.1) is 5.92 Å². The molecule has 0 atom stereocenters. The van der Waals surface area contributed by atoms with E-state index >= 15 is 0 Å². The minimum absolute atomic E-state index is 0. The number of nitrogens with zero attached hydrogens (tertiary/aromatic N) is 3. The molecule has 1 aliphatic rings. The van der Waals surface area contributed by atoms with Crippen molar-refractivity contribution in [1.82, 2.24) is 15.6 Å². The summed E-state index contributed by atoms with van der Waals surface area (Å²) >= 11 is 0. The number of aromatic nitrogens is 1. The van der Waals surface area contributed by atoms with E-state index in [1.54, 1.807) is 0 Å². The maximum absolute atomic E-state index is 6.01. The summed E-state index contributed by atoms with van der Waals surface area (Å²) in [6.45, 7) is 4.97. The number of hydrogen-bond acceptors (Lipinski definition) is 4. The molecule has 1 aromatic heterocycles. The molecule has 1 saturated carbocycles. The second-order valence-electron chi connectivity index (χ2n) is 7.33. The number of benzene rings is 1. The Morgan fingerprint density at radius 1 is 1.21 bits per heavy atom. The minimum atomic E-state index is 0. The van der Waals surface area contributed by atoms with Gasteiger partial charge in [0.15, 0.2) is 5.96 Å². The van der Waals surface area contributed by atoms with Crippen molar-refractivity contribution >= 4 is 35.8 Å². The highest BCUT2D eigenvalue weighted by molar-refractivity contribution is 14.0. The first-order valence-electron chi connectivity index (χ1n) is 10.0. The average Bonchev–Trinajstić information content (AvgIpc) is 3.54. The topological polar surface area (TPSA) is 61.8 Å². The largest absolute Gasteiger partial charge is 0.493 e. The SMILES string of the molecule is CCNC(=NCc1ccnc(N(C)C)c1)NCc1ccccc1OCC1CC1.I. The van der Waals surface area contributed by atoms with E-state index in [4.69, 9.17) is 9.73 Å². The summed E-state index contributed by atoms with van der Waals surface area (Å²) in [5, 5.41) is 6.73. The van der Waals surface area contributed by atoms with Gasteiger partial charge >= 0.3 is 0 Å². The predicted octanol–water partition coefficient (Wildman–Crippen LogP) is 3.81. The van der Waals surface area contributed by atoms with Crippen molar-refractivity contribution in [3.05, 3.63) is 53.7 Å². The van der Waals surface area contributed by atoms with Crippen molar-refractivity contribution in [2.24, 2.45) is 10.9 Å². The van der Waals surface area contributed by atoms with Crippen LogP contribution in [-0.2, 0) is 13.1 Å². The van der Waals surface area contributed by atoms with Gasteiger partial charge in [0.2, 0.25) is 0 Å². The molecule has 0 aliphatic heterocycles. The molecule has 3 rings (SSSR count). The first-order chi connectivity index (χ1) is 13.7. The lowest BCUT2D eigenvalue weighted by Crippen LogP contribution is -2.36. The van der Waals surface area contributed by atoms with E-state index in [9.17, 15) is 0 Å². The second kappa shape index (κ2) is 11.8. The highest BCUT2D eigenvalue weighted by Gasteiger charge is 2.22. The van der Waals surface area contributed by atoms with Gasteiger partial charge in [0, 0.05) is 38.9 Å². The molecular formula is C22H32IN5O. The number of para-hydroxylation sites is 1. The number of guanidine groups is 1. The van der Waals surface area contributed by atoms with E-state index in [1.165, 1.54) is 12.8 Å². The Labute approximate surface area is 191 Å². The van der Waals surface area contributed by atoms with E-state index in [2.05, 4.69) is 34.7 Å². The molecular weight excluding hydrogens is 477 g/mol. The Balaban J connectivity index is 0.00000300. The van der Waals surface area contributed by atoms with Gasteiger partial charge in [-0.05, 0) is 49.4 Å². The van der Waals surface area contributed by atoms with Gasteiger partial charge in [-0.25, -0.2) is 9.98 Å². The normalized spacial score (nSPS) is 13.4. The van der Waals surface area contributed by atoms with Crippen molar-refractivity contribution in [2.45, 2.75) is 32.9 Å². The zero-order chi connectivity index (χ0) is 19.8. The lowest BCUT2D eigenvalue weighted by Gasteiger charge is -2.15. The number of ether oxygens (including phenoxy) is 1. The molecule has 1 heterocycles. The molecule has 0 unspecified atom stereocenters. The van der Waals surface area contributed by atoms with E-state index in [-0.39, 0.29) is 24.0 Å². The summed E-state index contributed by atoms with van der Waals surface area (Å²) in [6, 6.07) is 12.3. The molecule has 1 aliphatic carbocycles. The molecule has 0 spiro atoms. The fraction of sp³-hybridized carbons (Fsp3) is 0.455. The van der Waals surface area contributed by atoms with E-state index in [0.29, 0.717) is 13.1 Å². The second-order valence-corrected chi connectivity index (χ2v) is 7.33. The van der Waals surface area contributed by atoms with Crippen molar-refractivity contribution < 1.29 is 4.74 Å². The third-order valence-electron chi connectivity index (χ3n) is 4.62. The van der Waals surface area contributed by atoms with E-state index < -0.39 is 0 Å². The number of aliphatic imine (C=N–C) groups is 1.